The maximum absolute atomic E-state index is 10.8. The smallest absolute Gasteiger partial charge is 0.232 e. The van der Waals surface area contributed by atoms with Crippen LogP contribution in [0.25, 0.3) is 43.2 Å². The molecule has 6 nitrogen and oxygen atoms in total. The van der Waals surface area contributed by atoms with Gasteiger partial charge in [-0.25, -0.2) is 13.9 Å². The van der Waals surface area contributed by atoms with Crippen LogP contribution in [0.15, 0.2) is 66.3 Å². The summed E-state index contributed by atoms with van der Waals surface area (Å²) < 4.78 is 23.2. The number of H-pyrrole nitrogens is 1. The fraction of sp³-hybridized carbons (Fsp3) is 0.0455. The molecular weight excluding hydrogens is 416 g/mol. The number of aromatic amines is 1. The molecule has 0 bridgehead atoms. The molecule has 5 rings (SSSR count). The van der Waals surface area contributed by atoms with Gasteiger partial charge in [0.25, 0.3) is 0 Å². The molecule has 2 aromatic carbocycles. The lowest BCUT2D eigenvalue weighted by Crippen LogP contribution is -2.15. The maximum atomic E-state index is 10.8. The summed E-state index contributed by atoms with van der Waals surface area (Å²) >= 11 is -0.368. The Kier molecular flexibility index (Phi) is 4.84. The predicted octanol–water partition coefficient (Wildman–Crippen LogP) is 4.92. The third kappa shape index (κ3) is 3.40. The largest absolute Gasteiger partial charge is 0.383 e. The second-order valence-electron chi connectivity index (χ2n) is 6.96. The highest BCUT2D eigenvalue weighted by Crippen LogP contribution is 2.42. The molecule has 3 aromatic heterocycles. The summed E-state index contributed by atoms with van der Waals surface area (Å²) in [6, 6.07) is 16.3. The third-order valence-electron chi connectivity index (χ3n) is 5.15. The molecule has 1 unspecified atom stereocenters. The van der Waals surface area contributed by atoms with Gasteiger partial charge in [0.1, 0.15) is 5.82 Å². The van der Waals surface area contributed by atoms with E-state index in [0.717, 1.165) is 48.8 Å². The van der Waals surface area contributed by atoms with Crippen LogP contribution < -0.4 is 10.5 Å². The molecule has 5 N–H and O–H groups in total. The van der Waals surface area contributed by atoms with Crippen molar-refractivity contribution >= 4 is 49.4 Å². The number of nitrogens with one attached hydrogen (secondary N) is 2. The van der Waals surface area contributed by atoms with E-state index in [1.165, 1.54) is 0 Å². The number of nitrogens with zero attached hydrogens (tertiary/aromatic N) is 1. The van der Waals surface area contributed by atoms with Crippen molar-refractivity contribution < 1.29 is 8.76 Å². The van der Waals surface area contributed by atoms with E-state index in [2.05, 4.69) is 44.3 Å². The minimum absolute atomic E-state index is 0.323. The van der Waals surface area contributed by atoms with Gasteiger partial charge in [-0.2, -0.15) is 0 Å². The van der Waals surface area contributed by atoms with Gasteiger partial charge < -0.3 is 10.7 Å². The molecule has 8 heteroatoms. The second-order valence-corrected chi connectivity index (χ2v) is 8.62. The average Bonchev–Trinajstić information content (AvgIpc) is 3.40. The van der Waals surface area contributed by atoms with E-state index < -0.39 is 11.3 Å². The number of fused-ring (bicyclic) bond motifs is 2. The van der Waals surface area contributed by atoms with Gasteiger partial charge >= 0.3 is 0 Å². The second kappa shape index (κ2) is 7.66. The Labute approximate surface area is 179 Å². The minimum Gasteiger partial charge on any atom is -0.383 e. The number of thiophene rings is 1. The van der Waals surface area contributed by atoms with Gasteiger partial charge in [-0.05, 0) is 45.7 Å². The first-order chi connectivity index (χ1) is 14.6. The van der Waals surface area contributed by atoms with Crippen molar-refractivity contribution in [3.63, 3.8) is 0 Å². The third-order valence-corrected chi connectivity index (χ3v) is 6.56. The fourth-order valence-corrected chi connectivity index (χ4v) is 5.06. The zero-order chi connectivity index (χ0) is 20.7. The molecule has 0 aliphatic carbocycles. The molecular formula is C22H18N4O2S2. The van der Waals surface area contributed by atoms with E-state index in [0.29, 0.717) is 12.4 Å². The zero-order valence-corrected chi connectivity index (χ0v) is 17.4. The van der Waals surface area contributed by atoms with E-state index in [1.807, 2.05) is 36.7 Å². The number of rotatable bonds is 5. The van der Waals surface area contributed by atoms with Crippen LogP contribution in [0.3, 0.4) is 0 Å². The summed E-state index contributed by atoms with van der Waals surface area (Å²) in [6.45, 7) is 0.323. The quantitative estimate of drug-likeness (QED) is 0.295. The van der Waals surface area contributed by atoms with Gasteiger partial charge in [0.15, 0.2) is 0 Å². The first kappa shape index (κ1) is 19.0. The highest BCUT2D eigenvalue weighted by molar-refractivity contribution is 7.77. The summed E-state index contributed by atoms with van der Waals surface area (Å²) in [5.41, 5.74) is 12.6. The van der Waals surface area contributed by atoms with Crippen LogP contribution in [0.1, 0.15) is 5.56 Å². The van der Waals surface area contributed by atoms with Gasteiger partial charge in [-0.3, -0.25) is 4.55 Å². The molecule has 0 fully saturated rings. The van der Waals surface area contributed by atoms with E-state index in [-0.39, 0.29) is 0 Å². The molecule has 0 amide bonds. The molecule has 1 atom stereocenters. The number of hydrogen-bond acceptors (Lipinski definition) is 4. The Balaban J connectivity index is 1.58. The van der Waals surface area contributed by atoms with Crippen molar-refractivity contribution in [2.75, 3.05) is 5.73 Å². The molecule has 5 aromatic rings. The number of hydrogen-bond donors (Lipinski definition) is 4. The molecule has 0 saturated carbocycles. The van der Waals surface area contributed by atoms with Crippen molar-refractivity contribution in [3.05, 3.63) is 71.9 Å². The zero-order valence-electron chi connectivity index (χ0n) is 15.8. The van der Waals surface area contributed by atoms with Gasteiger partial charge in [-0.1, -0.05) is 30.3 Å². The summed E-state index contributed by atoms with van der Waals surface area (Å²) in [5, 5.41) is 4.26. The van der Waals surface area contributed by atoms with Crippen molar-refractivity contribution in [1.29, 1.82) is 0 Å². The van der Waals surface area contributed by atoms with Crippen molar-refractivity contribution in [2.24, 2.45) is 0 Å². The Morgan fingerprint density at radius 1 is 1.10 bits per heavy atom. The van der Waals surface area contributed by atoms with Crippen molar-refractivity contribution in [3.8, 4) is 22.3 Å². The Bertz CT molecular complexity index is 1390. The molecule has 0 radical (unpaired) electrons. The van der Waals surface area contributed by atoms with E-state index >= 15 is 0 Å². The van der Waals surface area contributed by atoms with Crippen LogP contribution in [0, 0.1) is 0 Å². The monoisotopic (exact) mass is 434 g/mol. The van der Waals surface area contributed by atoms with Gasteiger partial charge in [0, 0.05) is 45.7 Å². The molecule has 150 valence electrons. The Morgan fingerprint density at radius 3 is 2.70 bits per heavy atom. The van der Waals surface area contributed by atoms with Crippen LogP contribution in [-0.2, 0) is 17.8 Å². The fourth-order valence-electron chi connectivity index (χ4n) is 3.65. The molecule has 0 saturated heterocycles. The van der Waals surface area contributed by atoms with Gasteiger partial charge in [0.2, 0.25) is 11.3 Å². The highest BCUT2D eigenvalue weighted by atomic mass is 32.2. The molecule has 0 aliphatic heterocycles. The lowest BCUT2D eigenvalue weighted by Gasteiger charge is -2.08. The number of benzene rings is 2. The van der Waals surface area contributed by atoms with Crippen LogP contribution in [-0.4, -0.2) is 18.7 Å². The average molecular weight is 435 g/mol. The van der Waals surface area contributed by atoms with Gasteiger partial charge in [0.05, 0.1) is 0 Å². The number of nitrogen functional groups attached to an aromatic ring is 1. The van der Waals surface area contributed by atoms with E-state index in [4.69, 9.17) is 10.3 Å². The topological polar surface area (TPSA) is 104 Å². The summed E-state index contributed by atoms with van der Waals surface area (Å²) in [7, 11) is 0. The van der Waals surface area contributed by atoms with Crippen LogP contribution >= 0.6 is 11.3 Å². The number of nitrogens with two attached hydrogens (primary N) is 1. The first-order valence-electron chi connectivity index (χ1n) is 9.27. The van der Waals surface area contributed by atoms with E-state index in [1.54, 1.807) is 11.3 Å². The first-order valence-corrected chi connectivity index (χ1v) is 11.3. The summed E-state index contributed by atoms with van der Waals surface area (Å²) in [5.74, 6) is 0.519. The highest BCUT2D eigenvalue weighted by Gasteiger charge is 2.15. The minimum atomic E-state index is -2.02. The molecule has 0 aliphatic rings. The lowest BCUT2D eigenvalue weighted by molar-refractivity contribution is 0.548. The standard InChI is InChI=1S/C22H18N4O2S2/c23-22-20-18(15-5-6-19-16(9-15)7-8-24-19)12-29-21(20)17(11-25-22)14-3-1-13(2-4-14)10-26-30(27)28/h1-9,11-12,24,26H,10H2,(H2,23,25)(H,27,28). The summed E-state index contributed by atoms with van der Waals surface area (Å²) in [4.78, 5) is 7.69. The van der Waals surface area contributed by atoms with Crippen molar-refractivity contribution in [2.45, 2.75) is 6.54 Å². The normalized spacial score (nSPS) is 12.6. The summed E-state index contributed by atoms with van der Waals surface area (Å²) in [6.07, 6.45) is 3.74. The molecule has 3 heterocycles. The predicted molar refractivity (Wildman–Crippen MR) is 124 cm³/mol. The lowest BCUT2D eigenvalue weighted by atomic mass is 10.00. The SMILES string of the molecule is Nc1ncc(-c2ccc(CNS(=O)O)cc2)c2scc(-c3ccc4[nH]ccc4c3)c12. The maximum Gasteiger partial charge on any atom is 0.232 e. The number of anilines is 1. The number of pyridine rings is 1. The Hall–Kier alpha value is -3.04. The van der Waals surface area contributed by atoms with Crippen LogP contribution in [0.2, 0.25) is 0 Å². The molecule has 30 heavy (non-hydrogen) atoms. The Morgan fingerprint density at radius 2 is 1.90 bits per heavy atom. The molecule has 0 spiro atoms. The van der Waals surface area contributed by atoms with Crippen molar-refractivity contribution in [1.82, 2.24) is 14.7 Å². The van der Waals surface area contributed by atoms with Crippen LogP contribution in [0.4, 0.5) is 5.82 Å². The van der Waals surface area contributed by atoms with E-state index in [9.17, 15) is 4.21 Å². The number of aromatic nitrogens is 2. The van der Waals surface area contributed by atoms with Gasteiger partial charge in [-0.15, -0.1) is 11.3 Å². The van der Waals surface area contributed by atoms with Crippen LogP contribution in [0.5, 0.6) is 0 Å².